The van der Waals surface area contributed by atoms with Crippen molar-refractivity contribution in [1.82, 2.24) is 9.78 Å². The van der Waals surface area contributed by atoms with Crippen molar-refractivity contribution in [3.05, 3.63) is 46.4 Å². The summed E-state index contributed by atoms with van der Waals surface area (Å²) in [5.74, 6) is 0.103. The predicted molar refractivity (Wildman–Crippen MR) is 84.6 cm³/mol. The van der Waals surface area contributed by atoms with Crippen molar-refractivity contribution < 1.29 is 9.21 Å². The van der Waals surface area contributed by atoms with Gasteiger partial charge in [0.15, 0.2) is 5.76 Å². The number of carbonyl (C=O) groups excluding carboxylic acids is 1. The second-order valence-electron chi connectivity index (χ2n) is 5.01. The summed E-state index contributed by atoms with van der Waals surface area (Å²) in [4.78, 5) is 14.0. The van der Waals surface area contributed by atoms with Gasteiger partial charge in [0, 0.05) is 25.7 Å². The van der Waals surface area contributed by atoms with Crippen LogP contribution in [0.4, 0.5) is 5.69 Å². The van der Waals surface area contributed by atoms with E-state index in [-0.39, 0.29) is 5.91 Å². The van der Waals surface area contributed by atoms with Gasteiger partial charge in [0.1, 0.15) is 5.58 Å². The van der Waals surface area contributed by atoms with Crippen molar-refractivity contribution in [3.8, 4) is 0 Å². The number of amides is 1. The van der Waals surface area contributed by atoms with Crippen molar-refractivity contribution in [2.45, 2.75) is 6.92 Å². The number of carbonyl (C=O) groups is 1. The zero-order valence-electron chi connectivity index (χ0n) is 11.9. The maximum atomic E-state index is 12.5. The minimum Gasteiger partial charge on any atom is -0.450 e. The SMILES string of the molecule is Cc1cc(Br)c2oc(C(=O)N(C)c3cnn(C)c3)cc2c1. The lowest BCUT2D eigenvalue weighted by Gasteiger charge is -2.12. The second kappa shape index (κ2) is 5.04. The third-order valence-electron chi connectivity index (χ3n) is 3.31. The Labute approximate surface area is 130 Å². The Balaban J connectivity index is 2.00. The molecule has 1 aromatic carbocycles. The van der Waals surface area contributed by atoms with E-state index in [0.717, 1.165) is 21.1 Å². The first-order chi connectivity index (χ1) is 9.95. The summed E-state index contributed by atoms with van der Waals surface area (Å²) in [5.41, 5.74) is 2.51. The molecule has 0 radical (unpaired) electrons. The molecule has 3 rings (SSSR count). The summed E-state index contributed by atoms with van der Waals surface area (Å²) in [6, 6.07) is 5.72. The van der Waals surface area contributed by atoms with Crippen LogP contribution in [0.2, 0.25) is 0 Å². The van der Waals surface area contributed by atoms with E-state index in [2.05, 4.69) is 21.0 Å². The third kappa shape index (κ3) is 2.47. The van der Waals surface area contributed by atoms with Crippen LogP contribution in [0.5, 0.6) is 0 Å². The molecule has 0 fully saturated rings. The molecule has 0 spiro atoms. The maximum absolute atomic E-state index is 12.5. The van der Waals surface area contributed by atoms with Crippen LogP contribution in [0.25, 0.3) is 11.0 Å². The lowest BCUT2D eigenvalue weighted by Crippen LogP contribution is -2.25. The Morgan fingerprint density at radius 3 is 2.81 bits per heavy atom. The van der Waals surface area contributed by atoms with E-state index in [9.17, 15) is 4.79 Å². The standard InChI is InChI=1S/C15H14BrN3O2/c1-9-4-10-6-13(21-14(10)12(16)5-9)15(20)19(3)11-7-17-18(2)8-11/h4-8H,1-3H3. The molecule has 0 N–H and O–H groups in total. The first-order valence-corrected chi connectivity index (χ1v) is 7.21. The van der Waals surface area contributed by atoms with E-state index in [1.807, 2.05) is 26.1 Å². The number of fused-ring (bicyclic) bond motifs is 1. The number of hydrogen-bond donors (Lipinski definition) is 0. The second-order valence-corrected chi connectivity index (χ2v) is 5.87. The average Bonchev–Trinajstić information content (AvgIpc) is 3.03. The van der Waals surface area contributed by atoms with Gasteiger partial charge in [-0.15, -0.1) is 0 Å². The molecule has 0 aliphatic carbocycles. The topological polar surface area (TPSA) is 51.3 Å². The molecular formula is C15H14BrN3O2. The molecule has 5 nitrogen and oxygen atoms in total. The van der Waals surface area contributed by atoms with Crippen LogP contribution in [-0.2, 0) is 7.05 Å². The highest BCUT2D eigenvalue weighted by molar-refractivity contribution is 9.10. The molecule has 0 saturated heterocycles. The van der Waals surface area contributed by atoms with Gasteiger partial charge in [0.05, 0.1) is 16.4 Å². The van der Waals surface area contributed by atoms with Crippen molar-refractivity contribution >= 4 is 38.5 Å². The van der Waals surface area contributed by atoms with Crippen LogP contribution in [0.1, 0.15) is 16.1 Å². The fourth-order valence-electron chi connectivity index (χ4n) is 2.22. The van der Waals surface area contributed by atoms with Crippen LogP contribution in [-0.4, -0.2) is 22.7 Å². The summed E-state index contributed by atoms with van der Waals surface area (Å²) in [7, 11) is 3.51. The largest absolute Gasteiger partial charge is 0.450 e. The molecule has 6 heteroatoms. The molecule has 0 aliphatic rings. The number of halogens is 1. The molecule has 21 heavy (non-hydrogen) atoms. The summed E-state index contributed by atoms with van der Waals surface area (Å²) in [6.45, 7) is 2.00. The van der Waals surface area contributed by atoms with Crippen molar-refractivity contribution in [1.29, 1.82) is 0 Å². The van der Waals surface area contributed by atoms with Crippen LogP contribution >= 0.6 is 15.9 Å². The molecule has 108 valence electrons. The summed E-state index contributed by atoms with van der Waals surface area (Å²) in [5, 5.41) is 4.97. The van der Waals surface area contributed by atoms with Crippen LogP contribution in [0, 0.1) is 6.92 Å². The van der Waals surface area contributed by atoms with Gasteiger partial charge in [-0.1, -0.05) is 0 Å². The number of benzene rings is 1. The van der Waals surface area contributed by atoms with E-state index in [1.165, 1.54) is 4.90 Å². The maximum Gasteiger partial charge on any atom is 0.293 e. The van der Waals surface area contributed by atoms with E-state index < -0.39 is 0 Å². The number of aryl methyl sites for hydroxylation is 2. The lowest BCUT2D eigenvalue weighted by molar-refractivity contribution is 0.0968. The average molecular weight is 348 g/mol. The Bertz CT molecular complexity index is 835. The first-order valence-electron chi connectivity index (χ1n) is 6.42. The Morgan fingerprint density at radius 1 is 1.38 bits per heavy atom. The zero-order valence-corrected chi connectivity index (χ0v) is 13.5. The molecular weight excluding hydrogens is 334 g/mol. The van der Waals surface area contributed by atoms with Gasteiger partial charge in [-0.05, 0) is 46.6 Å². The van der Waals surface area contributed by atoms with Crippen molar-refractivity contribution in [3.63, 3.8) is 0 Å². The van der Waals surface area contributed by atoms with E-state index in [4.69, 9.17) is 4.42 Å². The highest BCUT2D eigenvalue weighted by atomic mass is 79.9. The zero-order chi connectivity index (χ0) is 15.1. The van der Waals surface area contributed by atoms with Gasteiger partial charge in [0.25, 0.3) is 5.91 Å². The highest BCUT2D eigenvalue weighted by Gasteiger charge is 2.20. The fourth-order valence-corrected chi connectivity index (χ4v) is 2.89. The van der Waals surface area contributed by atoms with Crippen LogP contribution in [0.15, 0.2) is 39.5 Å². The lowest BCUT2D eigenvalue weighted by atomic mass is 10.2. The van der Waals surface area contributed by atoms with Crippen LogP contribution < -0.4 is 4.90 Å². The molecule has 2 heterocycles. The Morgan fingerprint density at radius 2 is 2.14 bits per heavy atom. The van der Waals surface area contributed by atoms with Gasteiger partial charge >= 0.3 is 0 Å². The molecule has 0 saturated carbocycles. The highest BCUT2D eigenvalue weighted by Crippen LogP contribution is 2.29. The van der Waals surface area contributed by atoms with Crippen molar-refractivity contribution in [2.24, 2.45) is 7.05 Å². The monoisotopic (exact) mass is 347 g/mol. The quantitative estimate of drug-likeness (QED) is 0.712. The number of furan rings is 1. The molecule has 3 aromatic rings. The summed E-state index contributed by atoms with van der Waals surface area (Å²) in [6.07, 6.45) is 3.42. The molecule has 2 aromatic heterocycles. The number of aromatic nitrogens is 2. The number of rotatable bonds is 2. The van der Waals surface area contributed by atoms with E-state index in [0.29, 0.717) is 11.3 Å². The third-order valence-corrected chi connectivity index (χ3v) is 3.90. The first kappa shape index (κ1) is 13.9. The van der Waals surface area contributed by atoms with Gasteiger partial charge in [0.2, 0.25) is 0 Å². The fraction of sp³-hybridized carbons (Fsp3) is 0.200. The molecule has 1 amide bonds. The number of hydrogen-bond acceptors (Lipinski definition) is 3. The number of anilines is 1. The molecule has 0 unspecified atom stereocenters. The van der Waals surface area contributed by atoms with Crippen molar-refractivity contribution in [2.75, 3.05) is 11.9 Å². The number of nitrogens with zero attached hydrogens (tertiary/aromatic N) is 3. The smallest absolute Gasteiger partial charge is 0.293 e. The normalized spacial score (nSPS) is 11.0. The van der Waals surface area contributed by atoms with Crippen LogP contribution in [0.3, 0.4) is 0 Å². The molecule has 0 bridgehead atoms. The van der Waals surface area contributed by atoms with Gasteiger partial charge in [-0.2, -0.15) is 5.10 Å². The minimum absolute atomic E-state index is 0.205. The van der Waals surface area contributed by atoms with Gasteiger partial charge in [-0.3, -0.25) is 9.48 Å². The predicted octanol–water partition coefficient (Wildman–Crippen LogP) is 3.51. The summed E-state index contributed by atoms with van der Waals surface area (Å²) < 4.78 is 8.20. The minimum atomic E-state index is -0.205. The Hall–Kier alpha value is -2.08. The Kier molecular flexibility index (Phi) is 3.33. The van der Waals surface area contributed by atoms with E-state index in [1.54, 1.807) is 30.2 Å². The van der Waals surface area contributed by atoms with E-state index >= 15 is 0 Å². The van der Waals surface area contributed by atoms with Gasteiger partial charge in [-0.25, -0.2) is 0 Å². The van der Waals surface area contributed by atoms with Gasteiger partial charge < -0.3 is 9.32 Å². The molecule has 0 aliphatic heterocycles. The molecule has 0 atom stereocenters. The summed E-state index contributed by atoms with van der Waals surface area (Å²) >= 11 is 3.46.